The van der Waals surface area contributed by atoms with Crippen LogP contribution in [0.15, 0.2) is 42.5 Å². The minimum atomic E-state index is -4.34. The monoisotopic (exact) mass is 502 g/mol. The number of carbonyl (C=O) groups is 1. The first-order chi connectivity index (χ1) is 17.1. The van der Waals surface area contributed by atoms with Gasteiger partial charge in [-0.25, -0.2) is 4.79 Å². The van der Waals surface area contributed by atoms with E-state index in [4.69, 9.17) is 0 Å². The minimum Gasteiger partial charge on any atom is -0.382 e. The molecule has 0 atom stereocenters. The van der Waals surface area contributed by atoms with E-state index in [0.717, 1.165) is 38.8 Å². The standard InChI is InChI=1S/C28H37F3N4O/c1-20-4-12-25(13-5-20)34-14-16-35(17-15-34)27(36)33(3)19-22-7-10-23(11-8-22)32-24-9-6-21(2)26(18-24)28(29,30)31/h4-6,9,12-13,18,22-23,32H,7-8,10-11,14-17,19H2,1-3H3. The number of urea groups is 1. The van der Waals surface area contributed by atoms with Gasteiger partial charge in [-0.1, -0.05) is 23.8 Å². The average molecular weight is 503 g/mol. The lowest BCUT2D eigenvalue weighted by atomic mass is 9.85. The van der Waals surface area contributed by atoms with Crippen molar-refractivity contribution in [3.05, 3.63) is 59.2 Å². The number of hydrogen-bond acceptors (Lipinski definition) is 3. The summed E-state index contributed by atoms with van der Waals surface area (Å²) in [5.41, 5.74) is 2.62. The van der Waals surface area contributed by atoms with Crippen LogP contribution < -0.4 is 10.2 Å². The molecule has 1 heterocycles. The number of aryl methyl sites for hydroxylation is 2. The lowest BCUT2D eigenvalue weighted by Gasteiger charge is -2.39. The summed E-state index contributed by atoms with van der Waals surface area (Å²) in [5.74, 6) is 0.412. The van der Waals surface area contributed by atoms with Crippen molar-refractivity contribution in [1.82, 2.24) is 9.80 Å². The number of halogens is 3. The quantitative estimate of drug-likeness (QED) is 0.532. The number of piperazine rings is 1. The zero-order valence-electron chi connectivity index (χ0n) is 21.4. The number of amides is 2. The topological polar surface area (TPSA) is 38.8 Å². The molecule has 1 N–H and O–H groups in total. The first-order valence-corrected chi connectivity index (χ1v) is 12.9. The fourth-order valence-electron chi connectivity index (χ4n) is 5.36. The van der Waals surface area contributed by atoms with Gasteiger partial charge < -0.3 is 20.0 Å². The number of anilines is 2. The van der Waals surface area contributed by atoms with E-state index in [0.29, 0.717) is 31.2 Å². The molecule has 0 spiro atoms. The highest BCUT2D eigenvalue weighted by Crippen LogP contribution is 2.34. The number of carbonyl (C=O) groups excluding carboxylic acids is 1. The molecule has 0 bridgehead atoms. The zero-order chi connectivity index (χ0) is 25.9. The lowest BCUT2D eigenvalue weighted by molar-refractivity contribution is -0.138. The highest BCUT2D eigenvalue weighted by Gasteiger charge is 2.33. The lowest BCUT2D eigenvalue weighted by Crippen LogP contribution is -2.52. The van der Waals surface area contributed by atoms with Crippen molar-refractivity contribution >= 4 is 17.4 Å². The van der Waals surface area contributed by atoms with Crippen molar-refractivity contribution in [2.75, 3.05) is 50.0 Å². The summed E-state index contributed by atoms with van der Waals surface area (Å²) in [5, 5.41) is 3.30. The number of rotatable bonds is 5. The highest BCUT2D eigenvalue weighted by molar-refractivity contribution is 5.74. The predicted octanol–water partition coefficient (Wildman–Crippen LogP) is 6.17. The number of nitrogens with zero attached hydrogens (tertiary/aromatic N) is 3. The third-order valence-electron chi connectivity index (χ3n) is 7.57. The summed E-state index contributed by atoms with van der Waals surface area (Å²) in [7, 11) is 1.88. The van der Waals surface area contributed by atoms with Crippen LogP contribution in [0, 0.1) is 19.8 Å². The van der Waals surface area contributed by atoms with E-state index >= 15 is 0 Å². The molecular formula is C28H37F3N4O. The Morgan fingerprint density at radius 1 is 0.972 bits per heavy atom. The zero-order valence-corrected chi connectivity index (χ0v) is 21.4. The van der Waals surface area contributed by atoms with Crippen LogP contribution in [-0.2, 0) is 6.18 Å². The molecule has 8 heteroatoms. The molecule has 2 fully saturated rings. The molecule has 2 aromatic rings. The molecule has 2 amide bonds. The maximum absolute atomic E-state index is 13.2. The molecule has 0 radical (unpaired) electrons. The Labute approximate surface area is 212 Å². The van der Waals surface area contributed by atoms with Gasteiger partial charge in [-0.15, -0.1) is 0 Å². The number of benzene rings is 2. The van der Waals surface area contributed by atoms with Gasteiger partial charge in [0.15, 0.2) is 0 Å². The molecule has 4 rings (SSSR count). The number of nitrogens with one attached hydrogen (secondary N) is 1. The second kappa shape index (κ2) is 11.0. The van der Waals surface area contributed by atoms with E-state index in [9.17, 15) is 18.0 Å². The van der Waals surface area contributed by atoms with Gasteiger partial charge in [-0.2, -0.15) is 13.2 Å². The third kappa shape index (κ3) is 6.45. The van der Waals surface area contributed by atoms with Gasteiger partial charge in [0, 0.05) is 57.2 Å². The first kappa shape index (κ1) is 26.2. The normalized spacial score (nSPS) is 20.8. The number of alkyl halides is 3. The van der Waals surface area contributed by atoms with E-state index in [1.165, 1.54) is 30.3 Å². The largest absolute Gasteiger partial charge is 0.416 e. The molecule has 1 saturated heterocycles. The fraction of sp³-hybridized carbons (Fsp3) is 0.536. The van der Waals surface area contributed by atoms with Crippen LogP contribution in [0.1, 0.15) is 42.4 Å². The molecule has 0 unspecified atom stereocenters. The second-order valence-electron chi connectivity index (χ2n) is 10.4. The fourth-order valence-corrected chi connectivity index (χ4v) is 5.36. The Bertz CT molecular complexity index is 1020. The van der Waals surface area contributed by atoms with Gasteiger partial charge in [0.25, 0.3) is 0 Å². The van der Waals surface area contributed by atoms with Crippen molar-refractivity contribution in [2.24, 2.45) is 5.92 Å². The molecule has 36 heavy (non-hydrogen) atoms. The second-order valence-corrected chi connectivity index (χ2v) is 10.4. The Hall–Kier alpha value is -2.90. The summed E-state index contributed by atoms with van der Waals surface area (Å²) < 4.78 is 39.7. The maximum Gasteiger partial charge on any atom is 0.416 e. The van der Waals surface area contributed by atoms with Crippen molar-refractivity contribution in [2.45, 2.75) is 51.7 Å². The van der Waals surface area contributed by atoms with Crippen LogP contribution >= 0.6 is 0 Å². The molecular weight excluding hydrogens is 465 g/mol. The summed E-state index contributed by atoms with van der Waals surface area (Å²) in [4.78, 5) is 19.1. The van der Waals surface area contributed by atoms with Crippen molar-refractivity contribution < 1.29 is 18.0 Å². The predicted molar refractivity (Wildman–Crippen MR) is 139 cm³/mol. The van der Waals surface area contributed by atoms with Crippen LogP contribution in [-0.4, -0.2) is 61.6 Å². The molecule has 196 valence electrons. The average Bonchev–Trinajstić information content (AvgIpc) is 2.86. The van der Waals surface area contributed by atoms with E-state index in [2.05, 4.69) is 41.4 Å². The minimum absolute atomic E-state index is 0.0816. The van der Waals surface area contributed by atoms with Crippen LogP contribution in [0.3, 0.4) is 0 Å². The Balaban J connectivity index is 1.21. The van der Waals surface area contributed by atoms with E-state index < -0.39 is 11.7 Å². The molecule has 2 aromatic carbocycles. The SMILES string of the molecule is Cc1ccc(N2CCN(C(=O)N(C)CC3CCC(Nc4ccc(C)c(C(F)(F)F)c4)CC3)CC2)cc1. The van der Waals surface area contributed by atoms with E-state index in [1.807, 2.05) is 16.8 Å². The van der Waals surface area contributed by atoms with Gasteiger partial charge in [-0.05, 0) is 75.3 Å². The summed E-state index contributed by atoms with van der Waals surface area (Å²) in [6.07, 6.45) is -0.666. The van der Waals surface area contributed by atoms with Crippen LogP contribution in [0.25, 0.3) is 0 Å². The van der Waals surface area contributed by atoms with Crippen molar-refractivity contribution in [3.63, 3.8) is 0 Å². The Morgan fingerprint density at radius 3 is 2.22 bits per heavy atom. The summed E-state index contributed by atoms with van der Waals surface area (Å²) in [6, 6.07) is 13.2. The molecule has 5 nitrogen and oxygen atoms in total. The highest BCUT2D eigenvalue weighted by atomic mass is 19.4. The van der Waals surface area contributed by atoms with Crippen molar-refractivity contribution in [3.8, 4) is 0 Å². The van der Waals surface area contributed by atoms with Gasteiger partial charge in [0.05, 0.1) is 5.56 Å². The molecule has 1 saturated carbocycles. The maximum atomic E-state index is 13.2. The van der Waals surface area contributed by atoms with E-state index in [-0.39, 0.29) is 17.6 Å². The van der Waals surface area contributed by atoms with Crippen LogP contribution in [0.2, 0.25) is 0 Å². The van der Waals surface area contributed by atoms with Gasteiger partial charge >= 0.3 is 12.2 Å². The smallest absolute Gasteiger partial charge is 0.382 e. The van der Waals surface area contributed by atoms with Gasteiger partial charge in [0.2, 0.25) is 0 Å². The third-order valence-corrected chi connectivity index (χ3v) is 7.57. The first-order valence-electron chi connectivity index (χ1n) is 12.9. The van der Waals surface area contributed by atoms with Gasteiger partial charge in [-0.3, -0.25) is 0 Å². The molecule has 1 aliphatic heterocycles. The summed E-state index contributed by atoms with van der Waals surface area (Å²) in [6.45, 7) is 7.36. The Kier molecular flexibility index (Phi) is 8.00. The van der Waals surface area contributed by atoms with Crippen molar-refractivity contribution in [1.29, 1.82) is 0 Å². The molecule has 0 aromatic heterocycles. The number of hydrogen-bond donors (Lipinski definition) is 1. The van der Waals surface area contributed by atoms with Crippen LogP contribution in [0.4, 0.5) is 29.3 Å². The van der Waals surface area contributed by atoms with Gasteiger partial charge in [0.1, 0.15) is 0 Å². The summed E-state index contributed by atoms with van der Waals surface area (Å²) >= 11 is 0. The van der Waals surface area contributed by atoms with Crippen LogP contribution in [0.5, 0.6) is 0 Å². The Morgan fingerprint density at radius 2 is 1.61 bits per heavy atom. The molecule has 1 aliphatic carbocycles. The van der Waals surface area contributed by atoms with E-state index in [1.54, 1.807) is 6.07 Å². The molecule has 2 aliphatic rings.